The van der Waals surface area contributed by atoms with Crippen molar-refractivity contribution in [3.63, 3.8) is 0 Å². The van der Waals surface area contributed by atoms with Gasteiger partial charge in [0, 0.05) is 12.3 Å². The summed E-state index contributed by atoms with van der Waals surface area (Å²) < 4.78 is 4.66. The number of halogens is 1. The van der Waals surface area contributed by atoms with Crippen molar-refractivity contribution in [2.75, 3.05) is 18.5 Å². The van der Waals surface area contributed by atoms with Crippen LogP contribution in [0.4, 0.5) is 11.5 Å². The smallest absolute Gasteiger partial charge is 0.325 e. The van der Waals surface area contributed by atoms with Gasteiger partial charge in [0.2, 0.25) is 5.82 Å². The van der Waals surface area contributed by atoms with Gasteiger partial charge in [-0.3, -0.25) is 14.9 Å². The number of carbonyl (C=O) groups excluding carboxylic acids is 1. The lowest BCUT2D eigenvalue weighted by Gasteiger charge is -2.04. The van der Waals surface area contributed by atoms with Crippen molar-refractivity contribution < 1.29 is 14.5 Å². The Morgan fingerprint density at radius 2 is 2.35 bits per heavy atom. The van der Waals surface area contributed by atoms with Crippen LogP contribution in [-0.2, 0) is 9.53 Å². The molecule has 0 atom stereocenters. The predicted octanol–water partition coefficient (Wildman–Crippen LogP) is 1.39. The molecule has 0 unspecified atom stereocenters. The standard InChI is InChI=1S/C9H11N3O4.ClH/c1-2-16-8(13)6-11-9-7(12(14)15)4-3-5-10-9;/h3-5H,2,6H2,1H3,(H,10,11);1H. The zero-order valence-corrected chi connectivity index (χ0v) is 9.90. The molecule has 1 aromatic heterocycles. The highest BCUT2D eigenvalue weighted by atomic mass is 35.5. The third kappa shape index (κ3) is 4.64. The molecule has 1 N–H and O–H groups in total. The van der Waals surface area contributed by atoms with Crippen LogP contribution < -0.4 is 5.32 Å². The number of ether oxygens (including phenoxy) is 1. The van der Waals surface area contributed by atoms with Crippen LogP contribution in [0, 0.1) is 10.1 Å². The fourth-order valence-corrected chi connectivity index (χ4v) is 1.05. The first-order valence-electron chi connectivity index (χ1n) is 4.64. The molecule has 1 heterocycles. The van der Waals surface area contributed by atoms with Crippen LogP contribution in [0.1, 0.15) is 6.92 Å². The monoisotopic (exact) mass is 261 g/mol. The van der Waals surface area contributed by atoms with Crippen molar-refractivity contribution >= 4 is 29.9 Å². The van der Waals surface area contributed by atoms with E-state index in [1.54, 1.807) is 6.92 Å². The van der Waals surface area contributed by atoms with Gasteiger partial charge in [0.05, 0.1) is 11.5 Å². The van der Waals surface area contributed by atoms with Crippen molar-refractivity contribution in [2.45, 2.75) is 6.92 Å². The predicted molar refractivity (Wildman–Crippen MR) is 63.3 cm³/mol. The van der Waals surface area contributed by atoms with E-state index in [0.717, 1.165) is 0 Å². The van der Waals surface area contributed by atoms with Gasteiger partial charge >= 0.3 is 11.7 Å². The third-order valence-electron chi connectivity index (χ3n) is 1.69. The van der Waals surface area contributed by atoms with Crippen molar-refractivity contribution in [1.82, 2.24) is 4.98 Å². The molecule has 1 rings (SSSR count). The summed E-state index contributed by atoms with van der Waals surface area (Å²) in [6.07, 6.45) is 1.40. The number of aromatic nitrogens is 1. The molecule has 8 heteroatoms. The maximum atomic E-state index is 11.0. The quantitative estimate of drug-likeness (QED) is 0.489. The van der Waals surface area contributed by atoms with E-state index in [4.69, 9.17) is 0 Å². The summed E-state index contributed by atoms with van der Waals surface area (Å²) in [6, 6.07) is 2.76. The Balaban J connectivity index is 0.00000256. The van der Waals surface area contributed by atoms with E-state index >= 15 is 0 Å². The minimum Gasteiger partial charge on any atom is -0.465 e. The van der Waals surface area contributed by atoms with Crippen molar-refractivity contribution in [1.29, 1.82) is 0 Å². The Labute approximate surface area is 104 Å². The molecule has 0 aliphatic heterocycles. The number of anilines is 1. The Morgan fingerprint density at radius 1 is 1.65 bits per heavy atom. The first-order chi connectivity index (χ1) is 7.65. The lowest BCUT2D eigenvalue weighted by Crippen LogP contribution is -2.17. The van der Waals surface area contributed by atoms with Gasteiger partial charge in [-0.2, -0.15) is 0 Å². The molecule has 7 nitrogen and oxygen atoms in total. The Bertz CT molecular complexity index is 400. The van der Waals surface area contributed by atoms with E-state index < -0.39 is 10.9 Å². The molecule has 0 saturated carbocycles. The molecular weight excluding hydrogens is 250 g/mol. The van der Waals surface area contributed by atoms with Gasteiger partial charge in [-0.05, 0) is 13.0 Å². The van der Waals surface area contributed by atoms with Crippen LogP contribution in [0.5, 0.6) is 0 Å². The second-order valence-electron chi connectivity index (χ2n) is 2.79. The summed E-state index contributed by atoms with van der Waals surface area (Å²) in [4.78, 5) is 24.8. The zero-order valence-electron chi connectivity index (χ0n) is 9.08. The number of hydrogen-bond acceptors (Lipinski definition) is 6. The summed E-state index contributed by atoms with van der Waals surface area (Å²) in [5.74, 6) is -0.428. The first kappa shape index (κ1) is 15.1. The van der Waals surface area contributed by atoms with Gasteiger partial charge < -0.3 is 10.1 Å². The van der Waals surface area contributed by atoms with E-state index in [-0.39, 0.29) is 37.1 Å². The van der Waals surface area contributed by atoms with Crippen LogP contribution in [0.15, 0.2) is 18.3 Å². The number of carbonyl (C=O) groups is 1. The van der Waals surface area contributed by atoms with E-state index in [1.807, 2.05) is 0 Å². The number of nitrogens with one attached hydrogen (secondary N) is 1. The molecule has 0 saturated heterocycles. The highest BCUT2D eigenvalue weighted by Gasteiger charge is 2.14. The molecule has 17 heavy (non-hydrogen) atoms. The minimum atomic E-state index is -0.569. The molecule has 0 radical (unpaired) electrons. The summed E-state index contributed by atoms with van der Waals surface area (Å²) in [5.41, 5.74) is -0.174. The lowest BCUT2D eigenvalue weighted by atomic mass is 10.4. The number of hydrogen-bond donors (Lipinski definition) is 1. The highest BCUT2D eigenvalue weighted by molar-refractivity contribution is 5.85. The minimum absolute atomic E-state index is 0. The van der Waals surface area contributed by atoms with Crippen LogP contribution in [0.3, 0.4) is 0 Å². The Kier molecular flexibility index (Phi) is 6.57. The normalized spacial score (nSPS) is 9.00. The second kappa shape index (κ2) is 7.39. The number of nitrogens with zero attached hydrogens (tertiary/aromatic N) is 2. The zero-order chi connectivity index (χ0) is 12.0. The lowest BCUT2D eigenvalue weighted by molar-refractivity contribution is -0.384. The van der Waals surface area contributed by atoms with E-state index in [2.05, 4.69) is 15.0 Å². The highest BCUT2D eigenvalue weighted by Crippen LogP contribution is 2.19. The van der Waals surface area contributed by atoms with Crippen molar-refractivity contribution in [3.8, 4) is 0 Å². The Hall–Kier alpha value is -1.89. The van der Waals surface area contributed by atoms with Crippen molar-refractivity contribution in [2.24, 2.45) is 0 Å². The second-order valence-corrected chi connectivity index (χ2v) is 2.79. The number of esters is 1. The van der Waals surface area contributed by atoms with Gasteiger partial charge in [-0.15, -0.1) is 12.4 Å². The number of pyridine rings is 1. The van der Waals surface area contributed by atoms with Crippen LogP contribution in [-0.4, -0.2) is 29.0 Å². The summed E-state index contributed by atoms with van der Waals surface area (Å²) in [7, 11) is 0. The molecule has 1 aromatic rings. The fraction of sp³-hybridized carbons (Fsp3) is 0.333. The van der Waals surface area contributed by atoms with E-state index in [9.17, 15) is 14.9 Å². The average molecular weight is 262 g/mol. The van der Waals surface area contributed by atoms with Gasteiger partial charge in [-0.25, -0.2) is 4.98 Å². The van der Waals surface area contributed by atoms with E-state index in [1.165, 1.54) is 18.3 Å². The summed E-state index contributed by atoms with van der Waals surface area (Å²) in [6.45, 7) is 1.80. The van der Waals surface area contributed by atoms with Gasteiger partial charge in [0.25, 0.3) is 0 Å². The largest absolute Gasteiger partial charge is 0.465 e. The van der Waals surface area contributed by atoms with E-state index in [0.29, 0.717) is 0 Å². The molecule has 94 valence electrons. The topological polar surface area (TPSA) is 94.4 Å². The molecule has 0 amide bonds. The Morgan fingerprint density at radius 3 is 2.94 bits per heavy atom. The molecule has 0 aromatic carbocycles. The number of nitro groups is 1. The number of rotatable bonds is 5. The van der Waals surface area contributed by atoms with Gasteiger partial charge in [0.15, 0.2) is 0 Å². The van der Waals surface area contributed by atoms with Crippen LogP contribution in [0.2, 0.25) is 0 Å². The molecule has 0 aliphatic carbocycles. The molecule has 0 fully saturated rings. The summed E-state index contributed by atoms with van der Waals surface area (Å²) in [5, 5.41) is 13.2. The maximum absolute atomic E-state index is 11.0. The summed E-state index contributed by atoms with van der Waals surface area (Å²) >= 11 is 0. The van der Waals surface area contributed by atoms with Gasteiger partial charge in [-0.1, -0.05) is 0 Å². The molecular formula is C9H12ClN3O4. The molecule has 0 bridgehead atoms. The molecule has 0 aliphatic rings. The average Bonchev–Trinajstić information content (AvgIpc) is 2.27. The molecule has 0 spiro atoms. The van der Waals surface area contributed by atoms with Gasteiger partial charge in [0.1, 0.15) is 6.54 Å². The van der Waals surface area contributed by atoms with Crippen LogP contribution in [0.25, 0.3) is 0 Å². The maximum Gasteiger partial charge on any atom is 0.325 e. The SMILES string of the molecule is CCOC(=O)CNc1ncccc1[N+](=O)[O-].Cl. The first-order valence-corrected chi connectivity index (χ1v) is 4.64. The van der Waals surface area contributed by atoms with Crippen LogP contribution >= 0.6 is 12.4 Å². The van der Waals surface area contributed by atoms with Crippen molar-refractivity contribution in [3.05, 3.63) is 28.4 Å². The third-order valence-corrected chi connectivity index (χ3v) is 1.69. The fourth-order valence-electron chi connectivity index (χ4n) is 1.05.